The van der Waals surface area contributed by atoms with Crippen LogP contribution in [0.15, 0.2) is 79.4 Å². The molecule has 5 rings (SSSR count). The third kappa shape index (κ3) is 4.47. The van der Waals surface area contributed by atoms with Crippen molar-refractivity contribution in [1.82, 2.24) is 19.3 Å². The highest BCUT2D eigenvalue weighted by atomic mass is 16.3. The van der Waals surface area contributed by atoms with Crippen LogP contribution < -0.4 is 0 Å². The zero-order valence-electron chi connectivity index (χ0n) is 21.5. The highest BCUT2D eigenvalue weighted by Gasteiger charge is 2.20. The van der Waals surface area contributed by atoms with Gasteiger partial charge in [-0.05, 0) is 72.7 Å². The van der Waals surface area contributed by atoms with Gasteiger partial charge in [0.15, 0.2) is 0 Å². The van der Waals surface area contributed by atoms with E-state index in [9.17, 15) is 5.11 Å². The number of aliphatic hydroxyl groups excluding tert-OH is 1. The number of nitrogens with zero attached hydrogens (tertiary/aromatic N) is 4. The van der Waals surface area contributed by atoms with Crippen molar-refractivity contribution >= 4 is 10.9 Å². The van der Waals surface area contributed by atoms with Crippen LogP contribution in [0.1, 0.15) is 56.9 Å². The van der Waals surface area contributed by atoms with Gasteiger partial charge in [-0.3, -0.25) is 4.98 Å². The third-order valence-corrected chi connectivity index (χ3v) is 6.93. The maximum Gasteiger partial charge on any atom is 0.0813 e. The molecule has 1 N–H and O–H groups in total. The van der Waals surface area contributed by atoms with E-state index in [1.807, 2.05) is 23.1 Å². The van der Waals surface area contributed by atoms with Gasteiger partial charge in [0.2, 0.25) is 0 Å². The lowest BCUT2D eigenvalue weighted by atomic mass is 9.93. The summed E-state index contributed by atoms with van der Waals surface area (Å²) in [6, 6.07) is 18.9. The van der Waals surface area contributed by atoms with Gasteiger partial charge in [0.25, 0.3) is 0 Å². The molecule has 3 aromatic heterocycles. The Balaban J connectivity index is 1.66. The summed E-state index contributed by atoms with van der Waals surface area (Å²) in [5.74, 6) is 0.389. The summed E-state index contributed by atoms with van der Waals surface area (Å²) in [6.07, 6.45) is 9.83. The van der Waals surface area contributed by atoms with Crippen LogP contribution in [-0.2, 0) is 12.8 Å². The summed E-state index contributed by atoms with van der Waals surface area (Å²) in [5, 5.41) is 16.6. The van der Waals surface area contributed by atoms with E-state index in [0.717, 1.165) is 46.4 Å². The fraction of sp³-hybridized carbons (Fsp3) is 0.290. The first kappa shape index (κ1) is 24.0. The molecule has 0 aliphatic heterocycles. The average Bonchev–Trinajstić information content (AvgIpc) is 3.56. The Morgan fingerprint density at radius 1 is 0.917 bits per heavy atom. The van der Waals surface area contributed by atoms with Crippen molar-refractivity contribution in [3.8, 4) is 22.6 Å². The number of rotatable bonds is 8. The van der Waals surface area contributed by atoms with Gasteiger partial charge >= 0.3 is 0 Å². The summed E-state index contributed by atoms with van der Waals surface area (Å²) >= 11 is 0. The Morgan fingerprint density at radius 2 is 1.61 bits per heavy atom. The predicted octanol–water partition coefficient (Wildman–Crippen LogP) is 7.08. The molecule has 0 radical (unpaired) electrons. The fourth-order valence-electron chi connectivity index (χ4n) is 5.10. The van der Waals surface area contributed by atoms with Crippen molar-refractivity contribution in [2.24, 2.45) is 5.92 Å². The van der Waals surface area contributed by atoms with E-state index in [4.69, 9.17) is 4.98 Å². The predicted molar refractivity (Wildman–Crippen MR) is 147 cm³/mol. The largest absolute Gasteiger partial charge is 0.388 e. The maximum atomic E-state index is 11.2. The minimum Gasteiger partial charge on any atom is -0.388 e. The minimum absolute atomic E-state index is 0.389. The van der Waals surface area contributed by atoms with Crippen LogP contribution >= 0.6 is 0 Å². The van der Waals surface area contributed by atoms with E-state index in [1.54, 1.807) is 6.20 Å². The minimum atomic E-state index is -0.542. The first-order chi connectivity index (χ1) is 17.5. The van der Waals surface area contributed by atoms with Crippen molar-refractivity contribution in [3.05, 3.63) is 96.1 Å². The van der Waals surface area contributed by atoms with E-state index in [-0.39, 0.29) is 0 Å². The van der Waals surface area contributed by atoms with Crippen molar-refractivity contribution in [2.45, 2.75) is 53.1 Å². The van der Waals surface area contributed by atoms with Crippen LogP contribution in [0, 0.1) is 5.92 Å². The molecule has 5 heteroatoms. The molecule has 1 unspecified atom stereocenters. The lowest BCUT2D eigenvalue weighted by Crippen LogP contribution is -2.01. The Morgan fingerprint density at radius 3 is 2.22 bits per heavy atom. The Kier molecular flexibility index (Phi) is 6.75. The van der Waals surface area contributed by atoms with Crippen LogP contribution in [0.5, 0.6) is 0 Å². The van der Waals surface area contributed by atoms with E-state index in [2.05, 4.69) is 92.1 Å². The Labute approximate surface area is 213 Å². The molecule has 2 aromatic carbocycles. The van der Waals surface area contributed by atoms with Crippen molar-refractivity contribution in [1.29, 1.82) is 0 Å². The second-order valence-electron chi connectivity index (χ2n) is 9.81. The molecule has 3 heterocycles. The molecule has 184 valence electrons. The van der Waals surface area contributed by atoms with E-state index >= 15 is 0 Å². The number of pyridine rings is 1. The third-order valence-electron chi connectivity index (χ3n) is 6.93. The standard InChI is InChI=1S/C31H34N4O/c1-5-22-9-7-10-23(6-2)31(22)28-18-26-27(30(36)17-21(3)4)20-34(29(26)19-32-28)24-11-13-25(14-12-24)35-16-8-15-33-35/h7-16,18-21,30,36H,5-6,17H2,1-4H3. The SMILES string of the molecule is CCc1cccc(CC)c1-c1cc2c(C(O)CC(C)C)cn(-c3ccc(-n4cccn4)cc3)c2cn1. The normalized spacial score (nSPS) is 12.5. The monoisotopic (exact) mass is 478 g/mol. The lowest BCUT2D eigenvalue weighted by molar-refractivity contribution is 0.152. The smallest absolute Gasteiger partial charge is 0.0813 e. The maximum absolute atomic E-state index is 11.2. The van der Waals surface area contributed by atoms with Gasteiger partial charge in [-0.25, -0.2) is 4.68 Å². The molecule has 1 atom stereocenters. The molecule has 0 bridgehead atoms. The van der Waals surface area contributed by atoms with Crippen LogP contribution in [0.2, 0.25) is 0 Å². The summed E-state index contributed by atoms with van der Waals surface area (Å²) < 4.78 is 3.99. The van der Waals surface area contributed by atoms with Crippen LogP contribution in [0.25, 0.3) is 33.5 Å². The zero-order valence-corrected chi connectivity index (χ0v) is 21.5. The summed E-state index contributed by atoms with van der Waals surface area (Å²) in [4.78, 5) is 4.96. The second-order valence-corrected chi connectivity index (χ2v) is 9.81. The number of hydrogen-bond acceptors (Lipinski definition) is 3. The highest BCUT2D eigenvalue weighted by Crippen LogP contribution is 2.36. The average molecular weight is 479 g/mol. The number of aliphatic hydroxyl groups is 1. The Bertz CT molecular complexity index is 1440. The van der Waals surface area contributed by atoms with Crippen molar-refractivity contribution in [2.75, 3.05) is 0 Å². The summed E-state index contributed by atoms with van der Waals surface area (Å²) in [7, 11) is 0. The van der Waals surface area contributed by atoms with Crippen LogP contribution in [-0.4, -0.2) is 24.4 Å². The summed E-state index contributed by atoms with van der Waals surface area (Å²) in [5.41, 5.74) is 8.78. The van der Waals surface area contributed by atoms with Crippen LogP contribution in [0.4, 0.5) is 0 Å². The number of benzene rings is 2. The van der Waals surface area contributed by atoms with Gasteiger partial charge < -0.3 is 9.67 Å². The van der Waals surface area contributed by atoms with E-state index in [0.29, 0.717) is 12.3 Å². The van der Waals surface area contributed by atoms with E-state index in [1.165, 1.54) is 16.7 Å². The second kappa shape index (κ2) is 10.1. The quantitative estimate of drug-likeness (QED) is 0.259. The molecule has 0 aliphatic carbocycles. The number of fused-ring (bicyclic) bond motifs is 1. The van der Waals surface area contributed by atoms with Crippen LogP contribution in [0.3, 0.4) is 0 Å². The van der Waals surface area contributed by atoms with Gasteiger partial charge in [0.05, 0.1) is 29.2 Å². The van der Waals surface area contributed by atoms with Gasteiger partial charge in [0.1, 0.15) is 0 Å². The number of aryl methyl sites for hydroxylation is 2. The fourth-order valence-corrected chi connectivity index (χ4v) is 5.10. The first-order valence-corrected chi connectivity index (χ1v) is 12.9. The molecule has 5 aromatic rings. The van der Waals surface area contributed by atoms with Gasteiger partial charge in [-0.15, -0.1) is 0 Å². The molecule has 5 nitrogen and oxygen atoms in total. The molecule has 0 amide bonds. The molecular weight excluding hydrogens is 444 g/mol. The highest BCUT2D eigenvalue weighted by molar-refractivity contribution is 5.89. The topological polar surface area (TPSA) is 55.9 Å². The van der Waals surface area contributed by atoms with Gasteiger partial charge in [-0.2, -0.15) is 5.10 Å². The van der Waals surface area contributed by atoms with Crippen molar-refractivity contribution < 1.29 is 5.11 Å². The summed E-state index contributed by atoms with van der Waals surface area (Å²) in [6.45, 7) is 8.68. The molecule has 0 saturated heterocycles. The first-order valence-electron chi connectivity index (χ1n) is 12.9. The lowest BCUT2D eigenvalue weighted by Gasteiger charge is -2.14. The number of hydrogen-bond donors (Lipinski definition) is 1. The molecule has 0 aliphatic rings. The molecule has 0 spiro atoms. The molecular formula is C31H34N4O. The zero-order chi connectivity index (χ0) is 25.2. The number of aromatic nitrogens is 4. The Hall–Kier alpha value is -3.70. The molecule has 0 fully saturated rings. The van der Waals surface area contributed by atoms with Gasteiger partial charge in [0, 0.05) is 40.8 Å². The molecule has 0 saturated carbocycles. The van der Waals surface area contributed by atoms with Crippen molar-refractivity contribution in [3.63, 3.8) is 0 Å². The van der Waals surface area contributed by atoms with E-state index < -0.39 is 6.10 Å². The van der Waals surface area contributed by atoms with Gasteiger partial charge in [-0.1, -0.05) is 45.9 Å². The molecule has 36 heavy (non-hydrogen) atoms.